The van der Waals surface area contributed by atoms with E-state index in [0.29, 0.717) is 97.1 Å². The third-order valence-electron chi connectivity index (χ3n) is 12.7. The molecule has 2 aliphatic carbocycles. The monoisotopic (exact) mass is 904 g/mol. The highest BCUT2D eigenvalue weighted by molar-refractivity contribution is 6.28. The molecule has 22 nitrogen and oxygen atoms in total. The Morgan fingerprint density at radius 1 is 0.672 bits per heavy atom. The summed E-state index contributed by atoms with van der Waals surface area (Å²) < 4.78 is 15.2. The van der Waals surface area contributed by atoms with Gasteiger partial charge in [-0.15, -0.1) is 0 Å². The molecule has 8 N–H and O–H groups in total. The summed E-state index contributed by atoms with van der Waals surface area (Å²) in [6.45, 7) is 6.33. The van der Waals surface area contributed by atoms with Crippen LogP contribution in [-0.4, -0.2) is 123 Å². The summed E-state index contributed by atoms with van der Waals surface area (Å²) in [5.41, 5.74) is 1.57. The van der Waals surface area contributed by atoms with Gasteiger partial charge in [0.15, 0.2) is 46.3 Å². The van der Waals surface area contributed by atoms with Gasteiger partial charge >= 0.3 is 0 Å². The van der Waals surface area contributed by atoms with Gasteiger partial charge in [0.05, 0.1) is 12.7 Å². The average molecular weight is 905 g/mol. The number of hydrogen-bond donors (Lipinski definition) is 8. The summed E-state index contributed by atoms with van der Waals surface area (Å²) in [7, 11) is 0. The zero-order valence-corrected chi connectivity index (χ0v) is 36.5. The summed E-state index contributed by atoms with van der Waals surface area (Å²) in [5.74, 6) is 0.962. The van der Waals surface area contributed by atoms with Gasteiger partial charge in [-0.25, -0.2) is 19.9 Å². The van der Waals surface area contributed by atoms with E-state index in [2.05, 4.69) is 61.8 Å². The number of rotatable bonds is 14. The van der Waals surface area contributed by atoms with Crippen LogP contribution in [0.1, 0.15) is 96.3 Å². The van der Waals surface area contributed by atoms with E-state index >= 15 is 0 Å². The number of hydrogen-bond acceptors (Lipinski definition) is 18. The minimum Gasteiger partial charge on any atom is -0.387 e. The van der Waals surface area contributed by atoms with Crippen molar-refractivity contribution in [3.63, 3.8) is 0 Å². The Bertz CT molecular complexity index is 2600. The molecular formula is C41H53ClN14O8. The van der Waals surface area contributed by atoms with E-state index in [4.69, 9.17) is 21.1 Å². The normalized spacial score (nSPS) is 28.4. The smallest absolute Gasteiger partial charge is 0.253 e. The maximum Gasteiger partial charge on any atom is 0.253 e. The third kappa shape index (κ3) is 8.43. The number of aryl methyl sites for hydroxylation is 1. The molecule has 2 amide bonds. The molecule has 0 unspecified atom stereocenters. The average Bonchev–Trinajstić information content (AvgIpc) is 4.09. The van der Waals surface area contributed by atoms with Gasteiger partial charge < -0.3 is 51.6 Å². The number of ether oxygens (including phenoxy) is 2. The lowest BCUT2D eigenvalue weighted by Gasteiger charge is -2.33. The number of halogens is 1. The Morgan fingerprint density at radius 2 is 1.19 bits per heavy atom. The molecular weight excluding hydrogens is 852 g/mol. The molecule has 23 heteroatoms. The van der Waals surface area contributed by atoms with Gasteiger partial charge in [0.2, 0.25) is 11.2 Å². The van der Waals surface area contributed by atoms with Crippen molar-refractivity contribution < 1.29 is 29.3 Å². The number of aromatic nitrogens is 8. The number of imidazole rings is 2. The lowest BCUT2D eigenvalue weighted by atomic mass is 9.90. The first-order chi connectivity index (χ1) is 30.9. The van der Waals surface area contributed by atoms with Gasteiger partial charge in [0.25, 0.3) is 16.8 Å². The Labute approximate surface area is 371 Å². The Morgan fingerprint density at radius 3 is 1.77 bits per heavy atom. The van der Waals surface area contributed by atoms with Gasteiger partial charge in [-0.05, 0) is 96.6 Å². The first-order valence-electron chi connectivity index (χ1n) is 22.1. The van der Waals surface area contributed by atoms with Crippen molar-refractivity contribution in [1.29, 1.82) is 0 Å². The van der Waals surface area contributed by atoms with E-state index in [0.717, 1.165) is 25.7 Å². The molecule has 9 rings (SSSR count). The van der Waals surface area contributed by atoms with E-state index < -0.39 is 47.4 Å². The standard InChI is InChI=1S/C41H53ClN14O8/c1-4-43-38(61)23-14-15-24(63-23)55-16-45-27-34(47-18(3)48-36(27)55)51-21-10-6-19(7-11-21)49-25-26(30(58)29(25)57)50-20-8-12-22(13-9-20)52-35-28-37(54-41(42)53-35)56(17-46-28)40-32(60)31(59)33(64-40)39(62)44-5-2/h16-17,19-24,31-33,40,49-50,59-60H,4-15H2,1-3H3,(H,43,61)(H,44,62)(H,47,48,51)(H,52,53,54)/t19-,20-,21-,22-,23-,24+,31-,32+,33-,40+/m0/s1. The molecule has 2 saturated heterocycles. The number of anilines is 4. The number of aliphatic hydroxyl groups is 2. The number of likely N-dealkylation sites (N-methyl/N-ethyl adjacent to an activating group) is 2. The maximum atomic E-state index is 12.8. The first-order valence-corrected chi connectivity index (χ1v) is 22.5. The minimum atomic E-state index is -1.46. The number of nitrogens with one attached hydrogen (secondary N) is 6. The van der Waals surface area contributed by atoms with E-state index in [1.54, 1.807) is 13.3 Å². The van der Waals surface area contributed by atoms with Crippen LogP contribution in [0.5, 0.6) is 0 Å². The van der Waals surface area contributed by atoms with E-state index in [9.17, 15) is 29.4 Å². The van der Waals surface area contributed by atoms with Crippen LogP contribution in [0.25, 0.3) is 22.3 Å². The zero-order valence-electron chi connectivity index (χ0n) is 35.7. The van der Waals surface area contributed by atoms with Crippen molar-refractivity contribution >= 4 is 68.8 Å². The number of amides is 2. The molecule has 5 aromatic rings. The van der Waals surface area contributed by atoms with E-state index in [-0.39, 0.29) is 47.2 Å². The van der Waals surface area contributed by atoms with Gasteiger partial charge in [0.1, 0.15) is 41.7 Å². The molecule has 6 atom stereocenters. The summed E-state index contributed by atoms with van der Waals surface area (Å²) in [6, 6.07) is 0.0806. The molecule has 1 aromatic carbocycles. The SMILES string of the molecule is CCNC(=O)[C@@H]1CC[C@H](n2cnc3c(N[C@H]4CC[C@H](Nc5c(N[C@H]6CC[C@H](Nc7nc(Cl)nc8c7ncn8[C@@H]7O[C@H](C(=O)NCC)[C@@H](O)[C@H]7O)CC6)c(=O)c5=O)CC4)nc(C)nc32)O1. The van der Waals surface area contributed by atoms with Crippen molar-refractivity contribution in [3.05, 3.63) is 44.2 Å². The van der Waals surface area contributed by atoms with Gasteiger partial charge in [-0.3, -0.25) is 28.3 Å². The lowest BCUT2D eigenvalue weighted by molar-refractivity contribution is -0.137. The quantitative estimate of drug-likeness (QED) is 0.0582. The van der Waals surface area contributed by atoms with Crippen LogP contribution in [-0.2, 0) is 19.1 Å². The second kappa shape index (κ2) is 18.1. The summed E-state index contributed by atoms with van der Waals surface area (Å²) in [5, 5.41) is 40.5. The Kier molecular flexibility index (Phi) is 12.4. The van der Waals surface area contributed by atoms with Crippen molar-refractivity contribution in [2.75, 3.05) is 34.4 Å². The fourth-order valence-corrected chi connectivity index (χ4v) is 9.59. The summed E-state index contributed by atoms with van der Waals surface area (Å²) >= 11 is 6.35. The highest BCUT2D eigenvalue weighted by atomic mass is 35.5. The van der Waals surface area contributed by atoms with Crippen molar-refractivity contribution in [2.24, 2.45) is 0 Å². The second-order valence-electron chi connectivity index (χ2n) is 17.1. The highest BCUT2D eigenvalue weighted by Crippen LogP contribution is 2.36. The van der Waals surface area contributed by atoms with Crippen molar-refractivity contribution in [2.45, 2.75) is 146 Å². The lowest BCUT2D eigenvalue weighted by Crippen LogP contribution is -2.43. The molecule has 4 aliphatic rings. The molecule has 4 fully saturated rings. The molecule has 4 aromatic heterocycles. The largest absolute Gasteiger partial charge is 0.387 e. The number of carbonyl (C=O) groups excluding carboxylic acids is 2. The molecule has 0 bridgehead atoms. The number of aliphatic hydroxyl groups excluding tert-OH is 2. The van der Waals surface area contributed by atoms with Crippen LogP contribution in [0.3, 0.4) is 0 Å². The Balaban J connectivity index is 0.774. The van der Waals surface area contributed by atoms with Gasteiger partial charge in [0, 0.05) is 37.3 Å². The van der Waals surface area contributed by atoms with Gasteiger partial charge in [-0.2, -0.15) is 9.97 Å². The molecule has 2 aliphatic heterocycles. The van der Waals surface area contributed by atoms with Gasteiger partial charge in [-0.1, -0.05) is 0 Å². The molecule has 0 spiro atoms. The van der Waals surface area contributed by atoms with Crippen LogP contribution in [0.15, 0.2) is 22.2 Å². The van der Waals surface area contributed by atoms with E-state index in [1.165, 1.54) is 10.9 Å². The molecule has 0 radical (unpaired) electrons. The number of carbonyl (C=O) groups is 2. The van der Waals surface area contributed by atoms with Crippen LogP contribution in [0, 0.1) is 6.92 Å². The Hall–Kier alpha value is -5.55. The number of nitrogens with zero attached hydrogens (tertiary/aromatic N) is 8. The second-order valence-corrected chi connectivity index (χ2v) is 17.4. The highest BCUT2D eigenvalue weighted by Gasteiger charge is 2.48. The fraction of sp³-hybridized carbons (Fsp3) is 0.610. The van der Waals surface area contributed by atoms with E-state index in [1.807, 2.05) is 18.4 Å². The molecule has 2 saturated carbocycles. The zero-order chi connectivity index (χ0) is 44.8. The maximum absolute atomic E-state index is 12.8. The van der Waals surface area contributed by atoms with Crippen LogP contribution >= 0.6 is 11.6 Å². The van der Waals surface area contributed by atoms with Crippen LogP contribution in [0.2, 0.25) is 5.28 Å². The molecule has 6 heterocycles. The molecule has 64 heavy (non-hydrogen) atoms. The topological polar surface area (TPSA) is 287 Å². The van der Waals surface area contributed by atoms with Crippen LogP contribution < -0.4 is 42.8 Å². The molecule has 342 valence electrons. The first kappa shape index (κ1) is 43.7. The predicted octanol–water partition coefficient (Wildman–Crippen LogP) is 1.76. The fourth-order valence-electron chi connectivity index (χ4n) is 9.43. The van der Waals surface area contributed by atoms with Crippen molar-refractivity contribution in [3.8, 4) is 0 Å². The summed E-state index contributed by atoms with van der Waals surface area (Å²) in [6.07, 6.45) is 4.21. The third-order valence-corrected chi connectivity index (χ3v) is 12.9. The minimum absolute atomic E-state index is 0.0149. The van der Waals surface area contributed by atoms with Crippen LogP contribution in [0.4, 0.5) is 23.0 Å². The predicted molar refractivity (Wildman–Crippen MR) is 235 cm³/mol. The number of fused-ring (bicyclic) bond motifs is 2. The van der Waals surface area contributed by atoms with Crippen molar-refractivity contribution in [1.82, 2.24) is 49.7 Å². The summed E-state index contributed by atoms with van der Waals surface area (Å²) in [4.78, 5) is 77.7.